The summed E-state index contributed by atoms with van der Waals surface area (Å²) < 4.78 is 27.2. The van der Waals surface area contributed by atoms with E-state index in [0.29, 0.717) is 10.6 Å². The molecule has 0 amide bonds. The van der Waals surface area contributed by atoms with Gasteiger partial charge in [-0.3, -0.25) is 9.71 Å². The second-order valence-corrected chi connectivity index (χ2v) is 7.03. The monoisotopic (exact) mass is 320 g/mol. The molecule has 0 unspecified atom stereocenters. The van der Waals surface area contributed by atoms with E-state index in [1.165, 1.54) is 17.4 Å². The SMILES string of the molecule is O=S(=O)(Nc1ccc2ncccc2c1)c1ccsc1CO. The first kappa shape index (κ1) is 14.0. The van der Waals surface area contributed by atoms with Crippen LogP contribution < -0.4 is 4.72 Å². The fraction of sp³-hybridized carbons (Fsp3) is 0.0714. The summed E-state index contributed by atoms with van der Waals surface area (Å²) in [6.07, 6.45) is 1.69. The molecule has 0 aliphatic carbocycles. The van der Waals surface area contributed by atoms with E-state index in [-0.39, 0.29) is 11.5 Å². The quantitative estimate of drug-likeness (QED) is 0.774. The Morgan fingerprint density at radius 2 is 2.10 bits per heavy atom. The molecular weight excluding hydrogens is 308 g/mol. The van der Waals surface area contributed by atoms with Crippen LogP contribution in [0.25, 0.3) is 10.9 Å². The Hall–Kier alpha value is -1.96. The molecule has 0 spiro atoms. The number of nitrogens with one attached hydrogen (secondary N) is 1. The minimum absolute atomic E-state index is 0.112. The second kappa shape index (κ2) is 5.44. The van der Waals surface area contributed by atoms with E-state index < -0.39 is 10.0 Å². The molecule has 0 atom stereocenters. The van der Waals surface area contributed by atoms with Gasteiger partial charge in [0.2, 0.25) is 0 Å². The van der Waals surface area contributed by atoms with Gasteiger partial charge in [0, 0.05) is 17.3 Å². The minimum Gasteiger partial charge on any atom is -0.391 e. The third-order valence-electron chi connectivity index (χ3n) is 2.99. The average Bonchev–Trinajstić information content (AvgIpc) is 2.96. The van der Waals surface area contributed by atoms with Crippen LogP contribution in [0.4, 0.5) is 5.69 Å². The number of aromatic nitrogens is 1. The standard InChI is InChI=1S/C14H12N2O3S2/c17-9-13-14(5-7-20-13)21(18,19)16-11-3-4-12-10(8-11)2-1-6-15-12/h1-8,16-17H,9H2. The molecule has 3 aromatic rings. The number of hydrogen-bond acceptors (Lipinski definition) is 5. The number of hydrogen-bond donors (Lipinski definition) is 2. The highest BCUT2D eigenvalue weighted by Gasteiger charge is 2.19. The van der Waals surface area contributed by atoms with Gasteiger partial charge in [-0.2, -0.15) is 0 Å². The number of rotatable bonds is 4. The van der Waals surface area contributed by atoms with Crippen molar-refractivity contribution in [3.63, 3.8) is 0 Å². The van der Waals surface area contributed by atoms with Gasteiger partial charge in [0.1, 0.15) is 4.90 Å². The predicted molar refractivity (Wildman–Crippen MR) is 82.8 cm³/mol. The number of fused-ring (bicyclic) bond motifs is 1. The first-order valence-electron chi connectivity index (χ1n) is 6.15. The van der Waals surface area contributed by atoms with E-state index in [0.717, 1.165) is 10.9 Å². The van der Waals surface area contributed by atoms with E-state index in [4.69, 9.17) is 0 Å². The summed E-state index contributed by atoms with van der Waals surface area (Å²) in [6.45, 7) is -0.296. The average molecular weight is 320 g/mol. The van der Waals surface area contributed by atoms with Gasteiger partial charge in [-0.1, -0.05) is 6.07 Å². The summed E-state index contributed by atoms with van der Waals surface area (Å²) in [5, 5.41) is 11.7. The first-order valence-corrected chi connectivity index (χ1v) is 8.51. The van der Waals surface area contributed by atoms with Crippen molar-refractivity contribution in [2.24, 2.45) is 0 Å². The van der Waals surface area contributed by atoms with Crippen LogP contribution in [0, 0.1) is 0 Å². The zero-order chi connectivity index (χ0) is 14.9. The molecule has 2 heterocycles. The molecule has 2 aromatic heterocycles. The maximum atomic E-state index is 12.3. The third-order valence-corrected chi connectivity index (χ3v) is 5.49. The van der Waals surface area contributed by atoms with E-state index in [1.807, 2.05) is 6.07 Å². The Balaban J connectivity index is 1.97. The Morgan fingerprint density at radius 1 is 1.24 bits per heavy atom. The van der Waals surface area contributed by atoms with E-state index in [9.17, 15) is 13.5 Å². The lowest BCUT2D eigenvalue weighted by molar-refractivity contribution is 0.282. The second-order valence-electron chi connectivity index (χ2n) is 4.38. The van der Waals surface area contributed by atoms with Crippen LogP contribution in [0.15, 0.2) is 52.9 Å². The van der Waals surface area contributed by atoms with Crippen LogP contribution in [0.1, 0.15) is 4.88 Å². The van der Waals surface area contributed by atoms with Gasteiger partial charge in [-0.15, -0.1) is 11.3 Å². The molecule has 108 valence electrons. The summed E-state index contributed by atoms with van der Waals surface area (Å²) in [5.41, 5.74) is 1.26. The summed E-state index contributed by atoms with van der Waals surface area (Å²) in [6, 6.07) is 10.3. The minimum atomic E-state index is -3.70. The molecule has 0 aliphatic heterocycles. The molecule has 0 saturated heterocycles. The highest BCUT2D eigenvalue weighted by atomic mass is 32.2. The molecule has 5 nitrogen and oxygen atoms in total. The highest BCUT2D eigenvalue weighted by molar-refractivity contribution is 7.93. The third kappa shape index (κ3) is 2.76. The lowest BCUT2D eigenvalue weighted by atomic mass is 10.2. The lowest BCUT2D eigenvalue weighted by Crippen LogP contribution is -2.13. The maximum absolute atomic E-state index is 12.3. The van der Waals surface area contributed by atoms with Crippen LogP contribution >= 0.6 is 11.3 Å². The van der Waals surface area contributed by atoms with Gasteiger partial charge in [0.05, 0.1) is 17.0 Å². The predicted octanol–water partition coefficient (Wildman–Crippen LogP) is 2.59. The normalized spacial score (nSPS) is 11.7. The summed E-state index contributed by atoms with van der Waals surface area (Å²) in [4.78, 5) is 4.72. The lowest BCUT2D eigenvalue weighted by Gasteiger charge is -2.09. The van der Waals surface area contributed by atoms with E-state index >= 15 is 0 Å². The van der Waals surface area contributed by atoms with Crippen molar-refractivity contribution in [1.29, 1.82) is 0 Å². The smallest absolute Gasteiger partial charge is 0.263 e. The molecular formula is C14H12N2O3S2. The van der Waals surface area contributed by atoms with E-state index in [1.54, 1.807) is 35.8 Å². The van der Waals surface area contributed by atoms with Crippen molar-refractivity contribution in [3.05, 3.63) is 52.9 Å². The maximum Gasteiger partial charge on any atom is 0.263 e. The van der Waals surface area contributed by atoms with Gasteiger partial charge in [0.25, 0.3) is 10.0 Å². The molecule has 0 radical (unpaired) electrons. The number of sulfonamides is 1. The fourth-order valence-electron chi connectivity index (χ4n) is 2.03. The Kier molecular flexibility index (Phi) is 3.62. The number of benzene rings is 1. The number of aliphatic hydroxyl groups is 1. The molecule has 0 saturated carbocycles. The van der Waals surface area contributed by atoms with Gasteiger partial charge < -0.3 is 5.11 Å². The highest BCUT2D eigenvalue weighted by Crippen LogP contribution is 2.25. The summed E-state index contributed by atoms with van der Waals surface area (Å²) in [5.74, 6) is 0. The van der Waals surface area contributed by atoms with Gasteiger partial charge in [-0.05, 0) is 35.7 Å². The molecule has 0 fully saturated rings. The van der Waals surface area contributed by atoms with Gasteiger partial charge in [-0.25, -0.2) is 8.42 Å². The van der Waals surface area contributed by atoms with Crippen molar-refractivity contribution in [3.8, 4) is 0 Å². The summed E-state index contributed by atoms with van der Waals surface area (Å²) in [7, 11) is -3.70. The van der Waals surface area contributed by atoms with Crippen LogP contribution in [0.5, 0.6) is 0 Å². The molecule has 0 bridgehead atoms. The number of thiophene rings is 1. The first-order chi connectivity index (χ1) is 10.1. The Labute approximate surface area is 125 Å². The molecule has 3 rings (SSSR count). The van der Waals surface area contributed by atoms with Gasteiger partial charge in [0.15, 0.2) is 0 Å². The fourth-order valence-corrected chi connectivity index (χ4v) is 4.38. The van der Waals surface area contributed by atoms with Crippen molar-refractivity contribution in [1.82, 2.24) is 4.98 Å². The van der Waals surface area contributed by atoms with Gasteiger partial charge >= 0.3 is 0 Å². The van der Waals surface area contributed by atoms with Crippen molar-refractivity contribution < 1.29 is 13.5 Å². The van der Waals surface area contributed by atoms with Crippen LogP contribution in [0.3, 0.4) is 0 Å². The molecule has 7 heteroatoms. The van der Waals surface area contributed by atoms with Crippen molar-refractivity contribution in [2.45, 2.75) is 11.5 Å². The van der Waals surface area contributed by atoms with Crippen LogP contribution in [0.2, 0.25) is 0 Å². The zero-order valence-electron chi connectivity index (χ0n) is 10.9. The number of aliphatic hydroxyl groups excluding tert-OH is 1. The van der Waals surface area contributed by atoms with E-state index in [2.05, 4.69) is 9.71 Å². The van der Waals surface area contributed by atoms with Crippen LogP contribution in [-0.4, -0.2) is 18.5 Å². The molecule has 0 aliphatic rings. The number of nitrogens with zero attached hydrogens (tertiary/aromatic N) is 1. The van der Waals surface area contributed by atoms with Crippen LogP contribution in [-0.2, 0) is 16.6 Å². The largest absolute Gasteiger partial charge is 0.391 e. The molecule has 21 heavy (non-hydrogen) atoms. The van der Waals surface area contributed by atoms with Crippen molar-refractivity contribution >= 4 is 38.0 Å². The Bertz CT molecular complexity index is 888. The molecule has 2 N–H and O–H groups in total. The molecule has 1 aromatic carbocycles. The number of pyridine rings is 1. The number of anilines is 1. The zero-order valence-corrected chi connectivity index (χ0v) is 12.5. The van der Waals surface area contributed by atoms with Crippen molar-refractivity contribution in [2.75, 3.05) is 4.72 Å². The Morgan fingerprint density at radius 3 is 2.90 bits per heavy atom. The topological polar surface area (TPSA) is 79.3 Å². The summed E-state index contributed by atoms with van der Waals surface area (Å²) >= 11 is 1.21.